The Hall–Kier alpha value is -1.44. The maximum atomic E-state index is 5.62. The van der Waals surface area contributed by atoms with Gasteiger partial charge < -0.3 is 8.83 Å². The molecule has 3 aromatic heterocycles. The molecule has 3 heterocycles. The zero-order chi connectivity index (χ0) is 14.4. The highest BCUT2D eigenvalue weighted by Crippen LogP contribution is 2.36. The van der Waals surface area contributed by atoms with Gasteiger partial charge in [-0.2, -0.15) is 8.75 Å². The Morgan fingerprint density at radius 2 is 1.19 bits per heavy atom. The fourth-order valence-electron chi connectivity index (χ4n) is 2.18. The summed E-state index contributed by atoms with van der Waals surface area (Å²) < 4.78 is 21.4. The van der Waals surface area contributed by atoms with Crippen molar-refractivity contribution < 1.29 is 8.83 Å². The summed E-state index contributed by atoms with van der Waals surface area (Å²) in [4.78, 5) is 0. The number of halogens is 2. The monoisotopic (exact) mass is 424 g/mol. The summed E-state index contributed by atoms with van der Waals surface area (Å²) in [5, 5.41) is 0. The molecule has 4 rings (SSSR count). The van der Waals surface area contributed by atoms with Gasteiger partial charge in [0.1, 0.15) is 22.6 Å². The number of rotatable bonds is 2. The van der Waals surface area contributed by atoms with Crippen molar-refractivity contribution in [2.45, 2.75) is 0 Å². The van der Waals surface area contributed by atoms with Gasteiger partial charge >= 0.3 is 0 Å². The predicted molar refractivity (Wildman–Crippen MR) is 88.2 cm³/mol. The highest BCUT2D eigenvalue weighted by molar-refractivity contribution is 9.10. The molecular formula is C14H6Br2N2O2S. The van der Waals surface area contributed by atoms with E-state index in [1.807, 2.05) is 36.4 Å². The molecule has 0 saturated heterocycles. The standard InChI is InChI=1S/C14H6Br2N2O2S/c15-11-5-3-9(19-11)7-1-2-8(10-4-6-12(16)20-10)14-13(7)17-21-18-14/h1-6H. The van der Waals surface area contributed by atoms with E-state index in [1.165, 1.54) is 11.7 Å². The van der Waals surface area contributed by atoms with Crippen LogP contribution in [0, 0.1) is 0 Å². The second-order valence-electron chi connectivity index (χ2n) is 4.33. The average molecular weight is 426 g/mol. The highest BCUT2D eigenvalue weighted by Gasteiger charge is 2.17. The second-order valence-corrected chi connectivity index (χ2v) is 6.42. The van der Waals surface area contributed by atoms with Crippen LogP contribution in [0.3, 0.4) is 0 Å². The van der Waals surface area contributed by atoms with E-state index in [4.69, 9.17) is 8.83 Å². The third kappa shape index (κ3) is 2.25. The molecule has 0 atom stereocenters. The molecular weight excluding hydrogens is 420 g/mol. The number of benzene rings is 1. The summed E-state index contributed by atoms with van der Waals surface area (Å²) >= 11 is 7.81. The normalized spacial score (nSPS) is 11.3. The number of hydrogen-bond acceptors (Lipinski definition) is 5. The fraction of sp³-hybridized carbons (Fsp3) is 0. The van der Waals surface area contributed by atoms with Gasteiger partial charge in [0.2, 0.25) is 0 Å². The van der Waals surface area contributed by atoms with E-state index in [0.717, 1.165) is 33.7 Å². The number of nitrogens with zero attached hydrogens (tertiary/aromatic N) is 2. The maximum Gasteiger partial charge on any atom is 0.169 e. The van der Waals surface area contributed by atoms with Crippen molar-refractivity contribution in [3.63, 3.8) is 0 Å². The molecule has 0 saturated carbocycles. The Morgan fingerprint density at radius 3 is 1.57 bits per heavy atom. The zero-order valence-corrected chi connectivity index (χ0v) is 14.3. The number of hydrogen-bond donors (Lipinski definition) is 0. The molecule has 0 aliphatic rings. The topological polar surface area (TPSA) is 52.1 Å². The van der Waals surface area contributed by atoms with Crippen molar-refractivity contribution >= 4 is 54.6 Å². The van der Waals surface area contributed by atoms with Gasteiger partial charge in [0.15, 0.2) is 9.34 Å². The van der Waals surface area contributed by atoms with Crippen molar-refractivity contribution in [2.24, 2.45) is 0 Å². The van der Waals surface area contributed by atoms with Gasteiger partial charge in [0, 0.05) is 11.1 Å². The quantitative estimate of drug-likeness (QED) is 0.411. The predicted octanol–water partition coefficient (Wildman–Crippen LogP) is 5.74. The molecule has 4 nitrogen and oxygen atoms in total. The van der Waals surface area contributed by atoms with Crippen LogP contribution in [0.15, 0.2) is 54.6 Å². The van der Waals surface area contributed by atoms with E-state index in [2.05, 4.69) is 40.6 Å². The molecule has 0 amide bonds. The first kappa shape index (κ1) is 13.2. The molecule has 0 bridgehead atoms. The van der Waals surface area contributed by atoms with Gasteiger partial charge in [-0.05, 0) is 68.3 Å². The molecule has 0 aliphatic carbocycles. The smallest absolute Gasteiger partial charge is 0.169 e. The second kappa shape index (κ2) is 5.08. The van der Waals surface area contributed by atoms with E-state index in [-0.39, 0.29) is 0 Å². The summed E-state index contributed by atoms with van der Waals surface area (Å²) in [6.07, 6.45) is 0. The highest BCUT2D eigenvalue weighted by atomic mass is 79.9. The van der Waals surface area contributed by atoms with Crippen molar-refractivity contribution in [3.05, 3.63) is 45.7 Å². The van der Waals surface area contributed by atoms with Crippen molar-refractivity contribution in [2.75, 3.05) is 0 Å². The Bertz CT molecular complexity index is 867. The van der Waals surface area contributed by atoms with Crippen LogP contribution in [0.5, 0.6) is 0 Å². The van der Waals surface area contributed by atoms with Gasteiger partial charge in [-0.25, -0.2) is 0 Å². The van der Waals surface area contributed by atoms with Crippen LogP contribution in [-0.4, -0.2) is 8.75 Å². The Balaban J connectivity index is 1.96. The van der Waals surface area contributed by atoms with Gasteiger partial charge in [0.25, 0.3) is 0 Å². The largest absolute Gasteiger partial charge is 0.449 e. The lowest BCUT2D eigenvalue weighted by Crippen LogP contribution is -1.83. The first-order valence-electron chi connectivity index (χ1n) is 5.99. The minimum atomic E-state index is 0.688. The van der Waals surface area contributed by atoms with Crippen LogP contribution in [0.2, 0.25) is 0 Å². The van der Waals surface area contributed by atoms with Crippen LogP contribution >= 0.6 is 43.6 Å². The van der Waals surface area contributed by atoms with Crippen molar-refractivity contribution in [3.8, 4) is 22.6 Å². The fourth-order valence-corrected chi connectivity index (χ4v) is 3.37. The molecule has 0 aliphatic heterocycles. The summed E-state index contributed by atoms with van der Waals surface area (Å²) in [5.74, 6) is 1.51. The molecule has 21 heavy (non-hydrogen) atoms. The number of furan rings is 2. The van der Waals surface area contributed by atoms with Crippen LogP contribution in [0.1, 0.15) is 0 Å². The zero-order valence-electron chi connectivity index (χ0n) is 10.3. The van der Waals surface area contributed by atoms with Crippen LogP contribution in [0.25, 0.3) is 33.7 Å². The summed E-state index contributed by atoms with van der Waals surface area (Å²) in [6.45, 7) is 0. The summed E-state index contributed by atoms with van der Waals surface area (Å²) in [5.41, 5.74) is 3.45. The number of aromatic nitrogens is 2. The molecule has 0 spiro atoms. The molecule has 104 valence electrons. The third-order valence-corrected chi connectivity index (χ3v) is 4.47. The molecule has 0 fully saturated rings. The van der Waals surface area contributed by atoms with E-state index >= 15 is 0 Å². The third-order valence-electron chi connectivity index (χ3n) is 3.09. The van der Waals surface area contributed by atoms with Gasteiger partial charge in [0.05, 0.1) is 11.7 Å². The van der Waals surface area contributed by atoms with E-state index < -0.39 is 0 Å². The lowest BCUT2D eigenvalue weighted by Gasteiger charge is -2.02. The van der Waals surface area contributed by atoms with Crippen LogP contribution in [-0.2, 0) is 0 Å². The molecule has 1 aromatic carbocycles. The maximum absolute atomic E-state index is 5.62. The van der Waals surface area contributed by atoms with Crippen molar-refractivity contribution in [1.29, 1.82) is 0 Å². The molecule has 4 aromatic rings. The Morgan fingerprint density at radius 1 is 0.714 bits per heavy atom. The lowest BCUT2D eigenvalue weighted by molar-refractivity contribution is 0.555. The van der Waals surface area contributed by atoms with Gasteiger partial charge in [-0.3, -0.25) is 0 Å². The Labute approximate surface area is 140 Å². The molecule has 0 N–H and O–H groups in total. The van der Waals surface area contributed by atoms with Gasteiger partial charge in [-0.1, -0.05) is 0 Å². The van der Waals surface area contributed by atoms with Crippen molar-refractivity contribution in [1.82, 2.24) is 8.75 Å². The molecule has 0 radical (unpaired) electrons. The van der Waals surface area contributed by atoms with Crippen LogP contribution < -0.4 is 0 Å². The first-order chi connectivity index (χ1) is 10.2. The van der Waals surface area contributed by atoms with Crippen LogP contribution in [0.4, 0.5) is 0 Å². The van der Waals surface area contributed by atoms with E-state index in [1.54, 1.807) is 0 Å². The average Bonchev–Trinajstić information content (AvgIpc) is 3.18. The minimum Gasteiger partial charge on any atom is -0.449 e. The first-order valence-corrected chi connectivity index (χ1v) is 8.31. The van der Waals surface area contributed by atoms with E-state index in [9.17, 15) is 0 Å². The minimum absolute atomic E-state index is 0.688. The Kier molecular flexibility index (Phi) is 3.20. The van der Waals surface area contributed by atoms with Gasteiger partial charge in [-0.15, -0.1) is 0 Å². The molecule has 7 heteroatoms. The SMILES string of the molecule is Brc1ccc(-c2ccc(-c3ccc(Br)o3)c3nsnc23)o1. The molecule has 0 unspecified atom stereocenters. The van der Waals surface area contributed by atoms with E-state index in [0.29, 0.717) is 9.34 Å². The summed E-state index contributed by atoms with van der Waals surface area (Å²) in [6, 6.07) is 11.5. The number of fused-ring (bicyclic) bond motifs is 1. The summed E-state index contributed by atoms with van der Waals surface area (Å²) in [7, 11) is 0. The lowest BCUT2D eigenvalue weighted by atomic mass is 10.1.